The van der Waals surface area contributed by atoms with Gasteiger partial charge in [-0.15, -0.1) is 0 Å². The molecular weight excluding hydrogens is 238 g/mol. The molecule has 3 rings (SSSR count). The monoisotopic (exact) mass is 261 g/mol. The van der Waals surface area contributed by atoms with Crippen molar-refractivity contribution >= 4 is 0 Å². The van der Waals surface area contributed by atoms with E-state index in [-0.39, 0.29) is 5.41 Å². The summed E-state index contributed by atoms with van der Waals surface area (Å²) in [5.74, 6) is 1.69. The first kappa shape index (κ1) is 12.9. The quantitative estimate of drug-likeness (QED) is 0.856. The number of benzene rings is 1. The minimum absolute atomic E-state index is 0.149. The van der Waals surface area contributed by atoms with Gasteiger partial charge in [0.2, 0.25) is 0 Å². The molecule has 19 heavy (non-hydrogen) atoms. The Morgan fingerprint density at radius 2 is 2.05 bits per heavy atom. The van der Waals surface area contributed by atoms with Gasteiger partial charge in [-0.05, 0) is 43.7 Å². The van der Waals surface area contributed by atoms with Crippen molar-refractivity contribution in [3.8, 4) is 5.75 Å². The third-order valence-corrected chi connectivity index (χ3v) is 4.57. The average Bonchev–Trinajstić information content (AvgIpc) is 3.21. The van der Waals surface area contributed by atoms with Gasteiger partial charge in [-0.1, -0.05) is 18.2 Å². The maximum Gasteiger partial charge on any atom is 0.119 e. The van der Waals surface area contributed by atoms with Crippen molar-refractivity contribution in [3.05, 3.63) is 30.3 Å². The van der Waals surface area contributed by atoms with Crippen LogP contribution in [0.3, 0.4) is 0 Å². The molecule has 2 N–H and O–H groups in total. The van der Waals surface area contributed by atoms with Gasteiger partial charge in [0, 0.05) is 18.6 Å². The van der Waals surface area contributed by atoms with Crippen LogP contribution in [0.1, 0.15) is 25.7 Å². The summed E-state index contributed by atoms with van der Waals surface area (Å²) < 4.78 is 11.8. The number of hydrogen-bond donors (Lipinski definition) is 1. The molecule has 3 nitrogen and oxygen atoms in total. The van der Waals surface area contributed by atoms with Gasteiger partial charge in [0.1, 0.15) is 5.75 Å². The summed E-state index contributed by atoms with van der Waals surface area (Å²) in [5, 5.41) is 0. The standard InChI is InChI=1S/C16H23NO2/c17-12-16(9-11-19-15(16)13-6-7-13)8-10-18-14-4-2-1-3-5-14/h1-5,13,15H,6-12,17H2. The fourth-order valence-electron chi connectivity index (χ4n) is 3.22. The minimum Gasteiger partial charge on any atom is -0.494 e. The van der Waals surface area contributed by atoms with E-state index < -0.39 is 0 Å². The Balaban J connectivity index is 1.57. The average molecular weight is 261 g/mol. The second kappa shape index (κ2) is 5.51. The Kier molecular flexibility index (Phi) is 3.76. The highest BCUT2D eigenvalue weighted by Gasteiger charge is 2.49. The first-order chi connectivity index (χ1) is 9.34. The zero-order valence-electron chi connectivity index (χ0n) is 11.4. The molecule has 2 atom stereocenters. The molecule has 1 aromatic carbocycles. The second-order valence-corrected chi connectivity index (χ2v) is 5.86. The van der Waals surface area contributed by atoms with Crippen molar-refractivity contribution < 1.29 is 9.47 Å². The molecule has 0 spiro atoms. The predicted octanol–water partition coefficient (Wildman–Crippen LogP) is 2.60. The van der Waals surface area contributed by atoms with E-state index >= 15 is 0 Å². The minimum atomic E-state index is 0.149. The van der Waals surface area contributed by atoms with Crippen molar-refractivity contribution in [1.82, 2.24) is 0 Å². The first-order valence-electron chi connectivity index (χ1n) is 7.34. The Hall–Kier alpha value is -1.06. The zero-order chi connectivity index (χ0) is 13.1. The van der Waals surface area contributed by atoms with Crippen LogP contribution in [0, 0.1) is 11.3 Å². The second-order valence-electron chi connectivity index (χ2n) is 5.86. The van der Waals surface area contributed by atoms with Crippen LogP contribution in [-0.2, 0) is 4.74 Å². The molecule has 1 saturated carbocycles. The molecule has 1 aliphatic carbocycles. The van der Waals surface area contributed by atoms with Crippen LogP contribution in [0.25, 0.3) is 0 Å². The SMILES string of the molecule is NCC1(CCOc2ccccc2)CCOC1C1CC1. The Labute approximate surface area is 115 Å². The van der Waals surface area contributed by atoms with Gasteiger partial charge in [-0.2, -0.15) is 0 Å². The molecule has 1 saturated heterocycles. The van der Waals surface area contributed by atoms with Crippen LogP contribution in [0.5, 0.6) is 5.75 Å². The van der Waals surface area contributed by atoms with Crippen LogP contribution in [0.4, 0.5) is 0 Å². The number of ether oxygens (including phenoxy) is 2. The third-order valence-electron chi connectivity index (χ3n) is 4.57. The van der Waals surface area contributed by atoms with Crippen molar-refractivity contribution in [2.45, 2.75) is 31.8 Å². The zero-order valence-corrected chi connectivity index (χ0v) is 11.4. The van der Waals surface area contributed by atoms with Crippen LogP contribution < -0.4 is 10.5 Å². The lowest BCUT2D eigenvalue weighted by molar-refractivity contribution is 0.0244. The fraction of sp³-hybridized carbons (Fsp3) is 0.625. The molecule has 1 aromatic rings. The van der Waals surface area contributed by atoms with Crippen molar-refractivity contribution in [2.75, 3.05) is 19.8 Å². The van der Waals surface area contributed by atoms with E-state index in [4.69, 9.17) is 15.2 Å². The van der Waals surface area contributed by atoms with E-state index in [1.165, 1.54) is 12.8 Å². The summed E-state index contributed by atoms with van der Waals surface area (Å²) in [6.45, 7) is 2.31. The molecule has 1 heterocycles. The number of hydrogen-bond acceptors (Lipinski definition) is 3. The predicted molar refractivity (Wildman–Crippen MR) is 75.1 cm³/mol. The summed E-state index contributed by atoms with van der Waals surface area (Å²) in [7, 11) is 0. The van der Waals surface area contributed by atoms with Crippen LogP contribution in [-0.4, -0.2) is 25.9 Å². The smallest absolute Gasteiger partial charge is 0.119 e. The fourth-order valence-corrected chi connectivity index (χ4v) is 3.22. The van der Waals surface area contributed by atoms with Crippen molar-refractivity contribution in [3.63, 3.8) is 0 Å². The molecule has 0 radical (unpaired) electrons. The van der Waals surface area contributed by atoms with Crippen molar-refractivity contribution in [2.24, 2.45) is 17.1 Å². The molecule has 0 aromatic heterocycles. The van der Waals surface area contributed by atoms with E-state index in [9.17, 15) is 0 Å². The van der Waals surface area contributed by atoms with E-state index in [1.807, 2.05) is 30.3 Å². The maximum atomic E-state index is 6.07. The Morgan fingerprint density at radius 3 is 2.74 bits per heavy atom. The highest BCUT2D eigenvalue weighted by Crippen LogP contribution is 2.49. The van der Waals surface area contributed by atoms with Gasteiger partial charge in [-0.25, -0.2) is 0 Å². The largest absolute Gasteiger partial charge is 0.494 e. The summed E-state index contributed by atoms with van der Waals surface area (Å²) in [4.78, 5) is 0. The van der Waals surface area contributed by atoms with Gasteiger partial charge >= 0.3 is 0 Å². The summed E-state index contributed by atoms with van der Waals surface area (Å²) in [6, 6.07) is 10.00. The summed E-state index contributed by atoms with van der Waals surface area (Å²) in [5.41, 5.74) is 6.22. The molecule has 0 amide bonds. The maximum absolute atomic E-state index is 6.07. The van der Waals surface area contributed by atoms with Crippen LogP contribution >= 0.6 is 0 Å². The molecule has 104 valence electrons. The van der Waals surface area contributed by atoms with E-state index in [0.717, 1.165) is 37.7 Å². The number of para-hydroxylation sites is 1. The van der Waals surface area contributed by atoms with E-state index in [1.54, 1.807) is 0 Å². The Bertz CT molecular complexity index is 404. The third kappa shape index (κ3) is 2.77. The van der Waals surface area contributed by atoms with Gasteiger partial charge < -0.3 is 15.2 Å². The number of nitrogens with two attached hydrogens (primary N) is 1. The molecule has 2 fully saturated rings. The van der Waals surface area contributed by atoms with E-state index in [0.29, 0.717) is 12.6 Å². The van der Waals surface area contributed by atoms with Gasteiger partial charge in [-0.3, -0.25) is 0 Å². The molecule has 2 unspecified atom stereocenters. The number of rotatable bonds is 6. The van der Waals surface area contributed by atoms with Crippen molar-refractivity contribution in [1.29, 1.82) is 0 Å². The molecule has 0 bridgehead atoms. The van der Waals surface area contributed by atoms with Gasteiger partial charge in [0.05, 0.1) is 12.7 Å². The lowest BCUT2D eigenvalue weighted by Gasteiger charge is -2.33. The lowest BCUT2D eigenvalue weighted by Crippen LogP contribution is -2.40. The summed E-state index contributed by atoms with van der Waals surface area (Å²) >= 11 is 0. The lowest BCUT2D eigenvalue weighted by atomic mass is 9.76. The molecular formula is C16H23NO2. The molecule has 1 aliphatic heterocycles. The van der Waals surface area contributed by atoms with Gasteiger partial charge in [0.15, 0.2) is 0 Å². The van der Waals surface area contributed by atoms with Crippen LogP contribution in [0.15, 0.2) is 30.3 Å². The normalized spacial score (nSPS) is 30.5. The molecule has 2 aliphatic rings. The highest BCUT2D eigenvalue weighted by molar-refractivity contribution is 5.20. The topological polar surface area (TPSA) is 44.5 Å². The van der Waals surface area contributed by atoms with E-state index in [2.05, 4.69) is 0 Å². The highest BCUT2D eigenvalue weighted by atomic mass is 16.5. The Morgan fingerprint density at radius 1 is 1.26 bits per heavy atom. The first-order valence-corrected chi connectivity index (χ1v) is 7.34. The molecule has 3 heteroatoms. The van der Waals surface area contributed by atoms with Crippen LogP contribution in [0.2, 0.25) is 0 Å². The summed E-state index contributed by atoms with van der Waals surface area (Å²) in [6.07, 6.45) is 5.08. The van der Waals surface area contributed by atoms with Gasteiger partial charge in [0.25, 0.3) is 0 Å².